The molecule has 27 heavy (non-hydrogen) atoms. The van der Waals surface area contributed by atoms with Crippen LogP contribution >= 0.6 is 0 Å². The van der Waals surface area contributed by atoms with E-state index in [0.717, 1.165) is 19.3 Å². The number of aromatic nitrogens is 1. The molecule has 7 heteroatoms. The lowest BCUT2D eigenvalue weighted by atomic mass is 9.91. The van der Waals surface area contributed by atoms with Gasteiger partial charge in [0.1, 0.15) is 10.6 Å². The molecular formula is C20H26N2O4S. The van der Waals surface area contributed by atoms with Gasteiger partial charge < -0.3 is 9.30 Å². The zero-order valence-corrected chi connectivity index (χ0v) is 16.6. The number of hydrogen-bond acceptors (Lipinski definition) is 4. The van der Waals surface area contributed by atoms with Crippen LogP contribution in [-0.2, 0) is 28.2 Å². The maximum Gasteiger partial charge on any atom is 0.354 e. The normalized spacial score (nSPS) is 16.4. The molecule has 0 N–H and O–H groups in total. The Hall–Kier alpha value is -2.12. The first-order valence-corrected chi connectivity index (χ1v) is 10.7. The lowest BCUT2D eigenvalue weighted by Gasteiger charge is -2.31. The molecule has 2 heterocycles. The predicted molar refractivity (Wildman–Crippen MR) is 103 cm³/mol. The third kappa shape index (κ3) is 4.42. The van der Waals surface area contributed by atoms with Gasteiger partial charge in [-0.15, -0.1) is 0 Å². The van der Waals surface area contributed by atoms with Crippen LogP contribution in [0.2, 0.25) is 0 Å². The molecule has 0 radical (unpaired) electrons. The Morgan fingerprint density at radius 1 is 1.19 bits per heavy atom. The fourth-order valence-electron chi connectivity index (χ4n) is 3.53. The third-order valence-corrected chi connectivity index (χ3v) is 6.91. The summed E-state index contributed by atoms with van der Waals surface area (Å²) in [7, 11) is -1.95. The van der Waals surface area contributed by atoms with Gasteiger partial charge in [-0.1, -0.05) is 30.3 Å². The monoisotopic (exact) mass is 390 g/mol. The predicted octanol–water partition coefficient (Wildman–Crippen LogP) is 2.85. The van der Waals surface area contributed by atoms with Gasteiger partial charge >= 0.3 is 5.97 Å². The first-order valence-electron chi connectivity index (χ1n) is 9.29. The number of hydrogen-bond donors (Lipinski definition) is 0. The first kappa shape index (κ1) is 19.6. The van der Waals surface area contributed by atoms with Crippen molar-refractivity contribution >= 4 is 16.0 Å². The highest BCUT2D eigenvalue weighted by Crippen LogP contribution is 2.27. The van der Waals surface area contributed by atoms with Gasteiger partial charge in [0.25, 0.3) is 0 Å². The van der Waals surface area contributed by atoms with E-state index in [1.807, 2.05) is 18.2 Å². The summed E-state index contributed by atoms with van der Waals surface area (Å²) < 4.78 is 33.9. The minimum absolute atomic E-state index is 0.148. The van der Waals surface area contributed by atoms with E-state index in [0.29, 0.717) is 19.0 Å². The van der Waals surface area contributed by atoms with Crippen LogP contribution in [0.5, 0.6) is 0 Å². The molecular weight excluding hydrogens is 364 g/mol. The van der Waals surface area contributed by atoms with E-state index in [1.54, 1.807) is 14.0 Å². The number of esters is 1. The van der Waals surface area contributed by atoms with E-state index in [-0.39, 0.29) is 17.2 Å². The highest BCUT2D eigenvalue weighted by atomic mass is 32.2. The van der Waals surface area contributed by atoms with Gasteiger partial charge in [-0.25, -0.2) is 13.2 Å². The molecule has 0 aliphatic carbocycles. The number of carbonyl (C=O) groups excluding carboxylic acids is 1. The molecule has 3 rings (SSSR count). The standard InChI is InChI=1S/C20H26N2O4S/c1-3-26-20(23)19-14-18(15-21(19)2)27(24,25)22-11-9-17(10-12-22)13-16-7-5-4-6-8-16/h4-8,14-15,17H,3,9-13H2,1-2H3. The highest BCUT2D eigenvalue weighted by Gasteiger charge is 2.31. The number of piperidine rings is 1. The summed E-state index contributed by atoms with van der Waals surface area (Å²) in [6, 6.07) is 11.7. The summed E-state index contributed by atoms with van der Waals surface area (Å²) in [6.45, 7) is 2.98. The summed E-state index contributed by atoms with van der Waals surface area (Å²) in [4.78, 5) is 12.1. The van der Waals surface area contributed by atoms with Gasteiger partial charge in [0.15, 0.2) is 0 Å². The molecule has 1 saturated heterocycles. The third-order valence-electron chi connectivity index (χ3n) is 5.04. The quantitative estimate of drug-likeness (QED) is 0.711. The van der Waals surface area contributed by atoms with Crippen LogP contribution in [0, 0.1) is 5.92 Å². The summed E-state index contributed by atoms with van der Waals surface area (Å²) >= 11 is 0. The Morgan fingerprint density at radius 2 is 1.85 bits per heavy atom. The molecule has 0 amide bonds. The SMILES string of the molecule is CCOC(=O)c1cc(S(=O)(=O)N2CCC(Cc3ccccc3)CC2)cn1C. The maximum atomic E-state index is 13.0. The number of rotatable bonds is 6. The Balaban J connectivity index is 1.66. The lowest BCUT2D eigenvalue weighted by Crippen LogP contribution is -2.38. The maximum absolute atomic E-state index is 13.0. The summed E-state index contributed by atoms with van der Waals surface area (Å²) in [5.74, 6) is -0.0206. The molecule has 1 aliphatic rings. The van der Waals surface area contributed by atoms with E-state index in [2.05, 4.69) is 12.1 Å². The largest absolute Gasteiger partial charge is 0.461 e. The van der Waals surface area contributed by atoms with Gasteiger partial charge in [-0.2, -0.15) is 4.31 Å². The molecule has 0 bridgehead atoms. The molecule has 1 fully saturated rings. The van der Waals surface area contributed by atoms with Crippen molar-refractivity contribution < 1.29 is 17.9 Å². The topological polar surface area (TPSA) is 68.6 Å². The Kier molecular flexibility index (Phi) is 6.01. The Labute approximate surface area is 160 Å². The van der Waals surface area contributed by atoms with E-state index in [1.165, 1.54) is 26.7 Å². The number of aryl methyl sites for hydroxylation is 1. The molecule has 146 valence electrons. The Morgan fingerprint density at radius 3 is 2.48 bits per heavy atom. The molecule has 1 aromatic heterocycles. The van der Waals surface area contributed by atoms with Gasteiger partial charge in [-0.05, 0) is 43.7 Å². The second-order valence-corrected chi connectivity index (χ2v) is 8.87. The number of ether oxygens (including phenoxy) is 1. The molecule has 0 atom stereocenters. The average Bonchev–Trinajstić information content (AvgIpc) is 3.06. The van der Waals surface area contributed by atoms with Crippen molar-refractivity contribution in [3.8, 4) is 0 Å². The van der Waals surface area contributed by atoms with Crippen LogP contribution in [-0.4, -0.2) is 43.0 Å². The smallest absolute Gasteiger partial charge is 0.354 e. The zero-order valence-electron chi connectivity index (χ0n) is 15.8. The van der Waals surface area contributed by atoms with E-state index >= 15 is 0 Å². The number of sulfonamides is 1. The van der Waals surface area contributed by atoms with E-state index in [4.69, 9.17) is 4.74 Å². The van der Waals surface area contributed by atoms with Crippen LogP contribution in [0.25, 0.3) is 0 Å². The van der Waals surface area contributed by atoms with E-state index in [9.17, 15) is 13.2 Å². The number of carbonyl (C=O) groups is 1. The summed E-state index contributed by atoms with van der Waals surface area (Å²) in [6.07, 6.45) is 4.14. The lowest BCUT2D eigenvalue weighted by molar-refractivity contribution is 0.0515. The second-order valence-electron chi connectivity index (χ2n) is 6.93. The van der Waals surface area contributed by atoms with Crippen molar-refractivity contribution in [2.75, 3.05) is 19.7 Å². The second kappa shape index (κ2) is 8.27. The summed E-state index contributed by atoms with van der Waals surface area (Å²) in [5.41, 5.74) is 1.54. The van der Waals surface area contributed by atoms with Crippen LogP contribution in [0.1, 0.15) is 35.8 Å². The van der Waals surface area contributed by atoms with Crippen molar-refractivity contribution in [3.05, 3.63) is 53.9 Å². The fourth-order valence-corrected chi connectivity index (χ4v) is 5.08. The number of benzene rings is 1. The molecule has 1 aromatic carbocycles. The van der Waals surface area contributed by atoms with Crippen molar-refractivity contribution in [3.63, 3.8) is 0 Å². The van der Waals surface area contributed by atoms with Crippen molar-refractivity contribution in [1.82, 2.24) is 8.87 Å². The molecule has 0 spiro atoms. The van der Waals surface area contributed by atoms with Gasteiger partial charge in [0.05, 0.1) is 6.61 Å². The minimum atomic E-state index is -3.60. The zero-order chi connectivity index (χ0) is 19.4. The van der Waals surface area contributed by atoms with Crippen LogP contribution in [0.3, 0.4) is 0 Å². The average molecular weight is 391 g/mol. The van der Waals surface area contributed by atoms with E-state index < -0.39 is 16.0 Å². The van der Waals surface area contributed by atoms with Crippen LogP contribution in [0.4, 0.5) is 0 Å². The van der Waals surface area contributed by atoms with Crippen molar-refractivity contribution in [1.29, 1.82) is 0 Å². The number of nitrogens with zero attached hydrogens (tertiary/aromatic N) is 2. The van der Waals surface area contributed by atoms with Crippen molar-refractivity contribution in [2.24, 2.45) is 13.0 Å². The minimum Gasteiger partial charge on any atom is -0.461 e. The molecule has 0 saturated carbocycles. The van der Waals surface area contributed by atoms with Crippen LogP contribution in [0.15, 0.2) is 47.5 Å². The van der Waals surface area contributed by atoms with Gasteiger partial charge in [-0.3, -0.25) is 0 Å². The summed E-state index contributed by atoms with van der Waals surface area (Å²) in [5, 5.41) is 0. The fraction of sp³-hybridized carbons (Fsp3) is 0.450. The Bertz CT molecular complexity index is 882. The molecule has 1 aliphatic heterocycles. The van der Waals surface area contributed by atoms with Crippen LogP contribution < -0.4 is 0 Å². The van der Waals surface area contributed by atoms with Crippen molar-refractivity contribution in [2.45, 2.75) is 31.1 Å². The van der Waals surface area contributed by atoms with Gasteiger partial charge in [0, 0.05) is 26.3 Å². The first-order chi connectivity index (χ1) is 12.9. The van der Waals surface area contributed by atoms with Gasteiger partial charge in [0.2, 0.25) is 10.0 Å². The molecule has 0 unspecified atom stereocenters. The highest BCUT2D eigenvalue weighted by molar-refractivity contribution is 7.89. The molecule has 2 aromatic rings. The molecule has 6 nitrogen and oxygen atoms in total.